The monoisotopic (exact) mass is 365 g/mol. The van der Waals surface area contributed by atoms with Crippen molar-refractivity contribution in [3.05, 3.63) is 63.5 Å². The Balaban J connectivity index is 1.90. The number of halogens is 2. The van der Waals surface area contributed by atoms with Crippen LogP contribution in [0.1, 0.15) is 16.5 Å². The molecule has 0 aliphatic rings. The molecule has 0 aliphatic carbocycles. The van der Waals surface area contributed by atoms with Crippen LogP contribution in [0.2, 0.25) is 0 Å². The first kappa shape index (κ1) is 14.6. The summed E-state index contributed by atoms with van der Waals surface area (Å²) in [6.07, 6.45) is 4.29. The molecule has 3 nitrogen and oxygen atoms in total. The molecule has 3 aromatic rings. The largest absolute Gasteiger partial charge is 0.271 e. The van der Waals surface area contributed by atoms with E-state index in [0.717, 1.165) is 31.4 Å². The maximum atomic E-state index is 13.3. The van der Waals surface area contributed by atoms with Gasteiger partial charge in [0.25, 0.3) is 0 Å². The van der Waals surface area contributed by atoms with Crippen LogP contribution < -0.4 is 11.3 Å². The second-order valence-corrected chi connectivity index (χ2v) is 6.80. The SMILES string of the molecule is NNC(Cc1cncc(Br)c1)c1cc2cc(F)ccc2s1. The molecule has 108 valence electrons. The molecule has 2 aromatic heterocycles. The van der Waals surface area contributed by atoms with Gasteiger partial charge in [0.05, 0.1) is 6.04 Å². The number of hydrogen-bond acceptors (Lipinski definition) is 4. The van der Waals surface area contributed by atoms with Crippen molar-refractivity contribution in [2.24, 2.45) is 5.84 Å². The van der Waals surface area contributed by atoms with Crippen molar-refractivity contribution in [3.8, 4) is 0 Å². The second kappa shape index (κ2) is 6.19. The number of fused-ring (bicyclic) bond motifs is 1. The quantitative estimate of drug-likeness (QED) is 0.543. The summed E-state index contributed by atoms with van der Waals surface area (Å²) in [6, 6.07) is 8.80. The van der Waals surface area contributed by atoms with Gasteiger partial charge >= 0.3 is 0 Å². The van der Waals surface area contributed by atoms with E-state index in [1.807, 2.05) is 18.3 Å². The van der Waals surface area contributed by atoms with Gasteiger partial charge in [-0.05, 0) is 63.6 Å². The molecule has 3 rings (SSSR count). The zero-order valence-corrected chi connectivity index (χ0v) is 13.4. The Bertz CT molecular complexity index is 774. The van der Waals surface area contributed by atoms with E-state index in [9.17, 15) is 4.39 Å². The van der Waals surface area contributed by atoms with Gasteiger partial charge in [0.15, 0.2) is 0 Å². The molecule has 2 heterocycles. The van der Waals surface area contributed by atoms with Crippen LogP contribution in [0, 0.1) is 5.82 Å². The molecule has 0 saturated carbocycles. The van der Waals surface area contributed by atoms with E-state index >= 15 is 0 Å². The molecule has 3 N–H and O–H groups in total. The predicted molar refractivity (Wildman–Crippen MR) is 87.5 cm³/mol. The van der Waals surface area contributed by atoms with Gasteiger partial charge < -0.3 is 0 Å². The van der Waals surface area contributed by atoms with Crippen LogP contribution in [0.25, 0.3) is 10.1 Å². The van der Waals surface area contributed by atoms with Gasteiger partial charge in [-0.25, -0.2) is 4.39 Å². The number of nitrogens with two attached hydrogens (primary N) is 1. The summed E-state index contributed by atoms with van der Waals surface area (Å²) in [7, 11) is 0. The highest BCUT2D eigenvalue weighted by molar-refractivity contribution is 9.10. The van der Waals surface area contributed by atoms with Gasteiger partial charge in [0.1, 0.15) is 5.82 Å². The lowest BCUT2D eigenvalue weighted by atomic mass is 10.1. The minimum absolute atomic E-state index is 0.0263. The van der Waals surface area contributed by atoms with E-state index in [0.29, 0.717) is 0 Å². The van der Waals surface area contributed by atoms with Gasteiger partial charge in [-0.1, -0.05) is 0 Å². The number of hydrazine groups is 1. The van der Waals surface area contributed by atoms with Crippen molar-refractivity contribution in [2.75, 3.05) is 0 Å². The Hall–Kier alpha value is -1.34. The Kier molecular flexibility index (Phi) is 4.30. The second-order valence-electron chi connectivity index (χ2n) is 4.77. The standard InChI is InChI=1S/C15H13BrFN3S/c16-11-3-9(7-19-8-11)4-13(20-18)15-6-10-5-12(17)1-2-14(10)21-15/h1-3,5-8,13,20H,4,18H2. The Labute approximate surface area is 134 Å². The highest BCUT2D eigenvalue weighted by Crippen LogP contribution is 2.31. The highest BCUT2D eigenvalue weighted by Gasteiger charge is 2.14. The number of benzene rings is 1. The molecule has 0 bridgehead atoms. The molecular weight excluding hydrogens is 353 g/mol. The van der Waals surface area contributed by atoms with Crippen LogP contribution in [0.4, 0.5) is 4.39 Å². The summed E-state index contributed by atoms with van der Waals surface area (Å²) < 4.78 is 15.3. The van der Waals surface area contributed by atoms with E-state index in [-0.39, 0.29) is 11.9 Å². The molecule has 6 heteroatoms. The van der Waals surface area contributed by atoms with Crippen molar-refractivity contribution in [2.45, 2.75) is 12.5 Å². The van der Waals surface area contributed by atoms with Gasteiger partial charge in [0, 0.05) is 26.4 Å². The molecule has 1 unspecified atom stereocenters. The highest BCUT2D eigenvalue weighted by atomic mass is 79.9. The topological polar surface area (TPSA) is 50.9 Å². The van der Waals surface area contributed by atoms with E-state index in [4.69, 9.17) is 5.84 Å². The third kappa shape index (κ3) is 3.29. The average Bonchev–Trinajstić information content (AvgIpc) is 2.87. The summed E-state index contributed by atoms with van der Waals surface area (Å²) in [5.41, 5.74) is 3.92. The summed E-state index contributed by atoms with van der Waals surface area (Å²) in [5.74, 6) is 5.47. The maximum absolute atomic E-state index is 13.3. The molecule has 1 aromatic carbocycles. The molecule has 21 heavy (non-hydrogen) atoms. The first-order chi connectivity index (χ1) is 10.2. The number of hydrogen-bond donors (Lipinski definition) is 2. The zero-order chi connectivity index (χ0) is 14.8. The van der Waals surface area contributed by atoms with Gasteiger partial charge in [0.2, 0.25) is 0 Å². The molecular formula is C15H13BrFN3S. The zero-order valence-electron chi connectivity index (χ0n) is 11.0. The van der Waals surface area contributed by atoms with Crippen LogP contribution in [-0.4, -0.2) is 4.98 Å². The van der Waals surface area contributed by atoms with Crippen LogP contribution in [-0.2, 0) is 6.42 Å². The summed E-state index contributed by atoms with van der Waals surface area (Å²) in [4.78, 5) is 5.24. The first-order valence-electron chi connectivity index (χ1n) is 6.40. The van der Waals surface area contributed by atoms with Crippen LogP contribution in [0.5, 0.6) is 0 Å². The van der Waals surface area contributed by atoms with Crippen molar-refractivity contribution in [1.29, 1.82) is 0 Å². The molecule has 0 amide bonds. The number of nitrogens with one attached hydrogen (secondary N) is 1. The first-order valence-corrected chi connectivity index (χ1v) is 8.01. The third-order valence-electron chi connectivity index (χ3n) is 3.24. The molecule has 1 atom stereocenters. The molecule has 0 saturated heterocycles. The van der Waals surface area contributed by atoms with Crippen molar-refractivity contribution in [3.63, 3.8) is 0 Å². The fourth-order valence-electron chi connectivity index (χ4n) is 2.25. The van der Waals surface area contributed by atoms with Crippen LogP contribution in [0.3, 0.4) is 0 Å². The molecule has 0 aliphatic heterocycles. The number of pyridine rings is 1. The molecule has 0 spiro atoms. The minimum Gasteiger partial charge on any atom is -0.271 e. The van der Waals surface area contributed by atoms with E-state index in [2.05, 4.69) is 26.3 Å². The summed E-state index contributed by atoms with van der Waals surface area (Å²) >= 11 is 5.03. The third-order valence-corrected chi connectivity index (χ3v) is 4.91. The number of rotatable bonds is 4. The fraction of sp³-hybridized carbons (Fsp3) is 0.133. The van der Waals surface area contributed by atoms with E-state index in [1.165, 1.54) is 6.07 Å². The number of nitrogens with zero attached hydrogens (tertiary/aromatic N) is 1. The lowest BCUT2D eigenvalue weighted by molar-refractivity contribution is 0.560. The summed E-state index contributed by atoms with van der Waals surface area (Å²) in [5, 5.41) is 0.905. The van der Waals surface area contributed by atoms with Crippen molar-refractivity contribution in [1.82, 2.24) is 10.4 Å². The predicted octanol–water partition coefficient (Wildman–Crippen LogP) is 3.95. The normalized spacial score (nSPS) is 12.7. The Morgan fingerprint density at radius 1 is 1.29 bits per heavy atom. The van der Waals surface area contributed by atoms with Gasteiger partial charge in [-0.3, -0.25) is 16.3 Å². The summed E-state index contributed by atoms with van der Waals surface area (Å²) in [6.45, 7) is 0. The van der Waals surface area contributed by atoms with E-state index < -0.39 is 0 Å². The Morgan fingerprint density at radius 2 is 2.14 bits per heavy atom. The van der Waals surface area contributed by atoms with Gasteiger partial charge in [-0.2, -0.15) is 0 Å². The minimum atomic E-state index is -0.222. The lowest BCUT2D eigenvalue weighted by Gasteiger charge is -2.14. The average molecular weight is 366 g/mol. The van der Waals surface area contributed by atoms with Gasteiger partial charge in [-0.15, -0.1) is 11.3 Å². The van der Waals surface area contributed by atoms with E-state index in [1.54, 1.807) is 29.7 Å². The number of aromatic nitrogens is 1. The van der Waals surface area contributed by atoms with Crippen LogP contribution in [0.15, 0.2) is 47.2 Å². The van der Waals surface area contributed by atoms with Crippen molar-refractivity contribution >= 4 is 37.4 Å². The number of thiophene rings is 1. The lowest BCUT2D eigenvalue weighted by Crippen LogP contribution is -2.28. The molecule has 0 fully saturated rings. The van der Waals surface area contributed by atoms with Crippen LogP contribution >= 0.6 is 27.3 Å². The maximum Gasteiger partial charge on any atom is 0.123 e. The smallest absolute Gasteiger partial charge is 0.123 e. The fourth-order valence-corrected chi connectivity index (χ4v) is 3.77. The molecule has 0 radical (unpaired) electrons. The van der Waals surface area contributed by atoms with Crippen molar-refractivity contribution < 1.29 is 4.39 Å². The Morgan fingerprint density at radius 3 is 2.90 bits per heavy atom.